The number of thiazole rings is 1. The Labute approximate surface area is 188 Å². The Kier molecular flexibility index (Phi) is 7.23. The average Bonchev–Trinajstić information content (AvgIpc) is 3.15. The highest BCUT2D eigenvalue weighted by Crippen LogP contribution is 2.35. The van der Waals surface area contributed by atoms with Crippen LogP contribution < -0.4 is 4.74 Å². The number of alkyl halides is 3. The first-order valence-corrected chi connectivity index (χ1v) is 11.0. The van der Waals surface area contributed by atoms with Crippen LogP contribution >= 0.6 is 11.3 Å². The van der Waals surface area contributed by atoms with E-state index in [1.54, 1.807) is 0 Å². The van der Waals surface area contributed by atoms with Crippen molar-refractivity contribution in [2.45, 2.75) is 52.3 Å². The van der Waals surface area contributed by atoms with Gasteiger partial charge in [0.25, 0.3) is 0 Å². The van der Waals surface area contributed by atoms with Crippen molar-refractivity contribution in [1.29, 1.82) is 0 Å². The minimum Gasteiger partial charge on any atom is -0.488 e. The van der Waals surface area contributed by atoms with E-state index in [1.165, 1.54) is 23.5 Å². The topological polar surface area (TPSA) is 59.4 Å². The molecule has 0 aliphatic heterocycles. The average molecular weight is 464 g/mol. The third-order valence-electron chi connectivity index (χ3n) is 5.03. The van der Waals surface area contributed by atoms with Gasteiger partial charge in [0, 0.05) is 12.0 Å². The van der Waals surface area contributed by atoms with Gasteiger partial charge in [-0.3, -0.25) is 4.79 Å². The zero-order valence-corrected chi connectivity index (χ0v) is 18.8. The molecule has 0 spiro atoms. The number of aromatic nitrogens is 1. The number of carboxylic acid groups (broad SMARTS) is 1. The van der Waals surface area contributed by atoms with Crippen molar-refractivity contribution in [3.63, 3.8) is 0 Å². The van der Waals surface area contributed by atoms with E-state index in [9.17, 15) is 18.0 Å². The van der Waals surface area contributed by atoms with Crippen LogP contribution in [-0.4, -0.2) is 16.1 Å². The first-order valence-electron chi connectivity index (χ1n) is 10.2. The lowest BCUT2D eigenvalue weighted by Gasteiger charge is -2.10. The molecule has 0 aliphatic carbocycles. The van der Waals surface area contributed by atoms with Crippen molar-refractivity contribution >= 4 is 17.3 Å². The number of rotatable bonds is 8. The fraction of sp³-hybridized carbons (Fsp3) is 0.333. The number of hydrogen-bond donors (Lipinski definition) is 1. The normalized spacial score (nSPS) is 11.7. The maximum absolute atomic E-state index is 12.8. The summed E-state index contributed by atoms with van der Waals surface area (Å²) in [5.41, 5.74) is 2.73. The Bertz CT molecular complexity index is 1090. The Morgan fingerprint density at radius 3 is 2.41 bits per heavy atom. The molecule has 0 amide bonds. The largest absolute Gasteiger partial charge is 0.488 e. The first kappa shape index (κ1) is 23.8. The maximum Gasteiger partial charge on any atom is 0.416 e. The molecule has 0 atom stereocenters. The monoisotopic (exact) mass is 463 g/mol. The van der Waals surface area contributed by atoms with Gasteiger partial charge >= 0.3 is 12.1 Å². The van der Waals surface area contributed by atoms with Gasteiger partial charge < -0.3 is 9.84 Å². The summed E-state index contributed by atoms with van der Waals surface area (Å²) in [6.45, 7) is 6.23. The molecule has 170 valence electrons. The van der Waals surface area contributed by atoms with Crippen molar-refractivity contribution in [2.24, 2.45) is 0 Å². The van der Waals surface area contributed by atoms with Crippen LogP contribution in [0.5, 0.6) is 5.75 Å². The molecule has 0 saturated heterocycles. The summed E-state index contributed by atoms with van der Waals surface area (Å²) in [7, 11) is 0. The molecule has 32 heavy (non-hydrogen) atoms. The van der Waals surface area contributed by atoms with E-state index in [4.69, 9.17) is 9.84 Å². The zero-order valence-electron chi connectivity index (χ0n) is 18.0. The van der Waals surface area contributed by atoms with Crippen LogP contribution in [0.4, 0.5) is 13.2 Å². The molecule has 0 fully saturated rings. The van der Waals surface area contributed by atoms with Gasteiger partial charge in [-0.25, -0.2) is 4.98 Å². The fourth-order valence-electron chi connectivity index (χ4n) is 3.27. The smallest absolute Gasteiger partial charge is 0.416 e. The SMILES string of the molecule is Cc1cc(OCc2sc(-c3ccc(C(F)(F)F)cc3)nc2C(C)C)ccc1CCC(=O)O. The summed E-state index contributed by atoms with van der Waals surface area (Å²) in [6.07, 6.45) is -3.83. The standard InChI is InChI=1S/C24H24F3NO3S/c1-14(2)22-20(13-31-19-10-6-16(15(3)12-19)7-11-21(29)30)32-23(28-22)17-4-8-18(9-5-17)24(25,26)27/h4-6,8-10,12,14H,7,11,13H2,1-3H3,(H,29,30). The number of aryl methyl sites for hydroxylation is 2. The lowest BCUT2D eigenvalue weighted by molar-refractivity contribution is -0.138. The van der Waals surface area contributed by atoms with Gasteiger partial charge in [-0.05, 0) is 54.7 Å². The highest BCUT2D eigenvalue weighted by Gasteiger charge is 2.30. The van der Waals surface area contributed by atoms with Crippen LogP contribution in [0.15, 0.2) is 42.5 Å². The summed E-state index contributed by atoms with van der Waals surface area (Å²) < 4.78 is 44.5. The summed E-state index contributed by atoms with van der Waals surface area (Å²) in [4.78, 5) is 16.4. The highest BCUT2D eigenvalue weighted by molar-refractivity contribution is 7.15. The van der Waals surface area contributed by atoms with Crippen LogP contribution in [0.2, 0.25) is 0 Å². The van der Waals surface area contributed by atoms with Gasteiger partial charge in [0.2, 0.25) is 0 Å². The molecule has 4 nitrogen and oxygen atoms in total. The predicted molar refractivity (Wildman–Crippen MR) is 118 cm³/mol. The third kappa shape index (κ3) is 5.88. The molecule has 8 heteroatoms. The van der Waals surface area contributed by atoms with Gasteiger partial charge in [0.1, 0.15) is 17.4 Å². The van der Waals surface area contributed by atoms with Crippen LogP contribution in [0.3, 0.4) is 0 Å². The number of halogens is 3. The summed E-state index contributed by atoms with van der Waals surface area (Å²) >= 11 is 1.41. The Morgan fingerprint density at radius 1 is 1.16 bits per heavy atom. The quantitative estimate of drug-likeness (QED) is 0.397. The van der Waals surface area contributed by atoms with Crippen molar-refractivity contribution in [3.05, 3.63) is 69.7 Å². The van der Waals surface area contributed by atoms with E-state index in [2.05, 4.69) is 4.98 Å². The van der Waals surface area contributed by atoms with Gasteiger partial charge in [-0.15, -0.1) is 11.3 Å². The van der Waals surface area contributed by atoms with Gasteiger partial charge in [0.05, 0.1) is 16.1 Å². The minimum absolute atomic E-state index is 0.0758. The van der Waals surface area contributed by atoms with Crippen molar-refractivity contribution in [2.75, 3.05) is 0 Å². The Balaban J connectivity index is 1.76. The first-order chi connectivity index (χ1) is 15.0. The Hall–Kier alpha value is -2.87. The van der Waals surface area contributed by atoms with Gasteiger partial charge in [0.15, 0.2) is 0 Å². The number of aliphatic carboxylic acids is 1. The molecule has 1 N–H and O–H groups in total. The van der Waals surface area contributed by atoms with Crippen molar-refractivity contribution in [3.8, 4) is 16.3 Å². The van der Waals surface area contributed by atoms with E-state index in [-0.39, 0.29) is 12.3 Å². The molecule has 3 aromatic rings. The summed E-state index contributed by atoms with van der Waals surface area (Å²) in [5.74, 6) is -0.0334. The molecule has 0 saturated carbocycles. The van der Waals surface area contributed by atoms with E-state index >= 15 is 0 Å². The number of ether oxygens (including phenoxy) is 1. The second kappa shape index (κ2) is 9.73. The van der Waals surface area contributed by atoms with E-state index in [0.717, 1.165) is 33.8 Å². The summed E-state index contributed by atoms with van der Waals surface area (Å²) in [5, 5.41) is 9.51. The summed E-state index contributed by atoms with van der Waals surface area (Å²) in [6, 6.07) is 10.6. The number of hydrogen-bond acceptors (Lipinski definition) is 4. The van der Waals surface area contributed by atoms with E-state index in [0.29, 0.717) is 29.3 Å². The number of benzene rings is 2. The molecule has 0 bridgehead atoms. The van der Waals surface area contributed by atoms with Crippen LogP contribution in [0, 0.1) is 6.92 Å². The van der Waals surface area contributed by atoms with Crippen molar-refractivity contribution < 1.29 is 27.8 Å². The third-order valence-corrected chi connectivity index (χ3v) is 6.12. The molecule has 3 rings (SSSR count). The second-order valence-corrected chi connectivity index (χ2v) is 8.91. The maximum atomic E-state index is 12.8. The number of carbonyl (C=O) groups is 1. The fourth-order valence-corrected chi connectivity index (χ4v) is 4.41. The van der Waals surface area contributed by atoms with Crippen molar-refractivity contribution in [1.82, 2.24) is 4.98 Å². The Morgan fingerprint density at radius 2 is 1.84 bits per heavy atom. The molecule has 0 radical (unpaired) electrons. The lowest BCUT2D eigenvalue weighted by Crippen LogP contribution is -2.03. The minimum atomic E-state index is -4.37. The highest BCUT2D eigenvalue weighted by atomic mass is 32.1. The van der Waals surface area contributed by atoms with Crippen LogP contribution in [0.25, 0.3) is 10.6 Å². The van der Waals surface area contributed by atoms with Gasteiger partial charge in [-0.2, -0.15) is 13.2 Å². The molecular weight excluding hydrogens is 439 g/mol. The van der Waals surface area contributed by atoms with Gasteiger partial charge in [-0.1, -0.05) is 32.0 Å². The number of nitrogens with zero attached hydrogens (tertiary/aromatic N) is 1. The van der Waals surface area contributed by atoms with Crippen LogP contribution in [-0.2, 0) is 24.0 Å². The van der Waals surface area contributed by atoms with E-state index < -0.39 is 17.7 Å². The molecular formula is C24H24F3NO3S. The zero-order chi connectivity index (χ0) is 23.5. The predicted octanol–water partition coefficient (Wildman–Crippen LogP) is 6.86. The molecule has 0 unspecified atom stereocenters. The molecule has 1 aromatic heterocycles. The second-order valence-electron chi connectivity index (χ2n) is 7.83. The molecule has 0 aliphatic rings. The molecule has 1 heterocycles. The lowest BCUT2D eigenvalue weighted by atomic mass is 10.0. The molecule has 2 aromatic carbocycles. The number of carboxylic acids is 1. The van der Waals surface area contributed by atoms with E-state index in [1.807, 2.05) is 39.0 Å². The van der Waals surface area contributed by atoms with Crippen LogP contribution in [0.1, 0.15) is 53.4 Å².